The Morgan fingerprint density at radius 1 is 0.680 bits per heavy atom. The zero-order valence-electron chi connectivity index (χ0n) is 17.6. The lowest BCUT2D eigenvalue weighted by Gasteiger charge is -2.05. The van der Waals surface area contributed by atoms with Crippen LogP contribution in [-0.2, 0) is 19.5 Å². The first-order valence-electron chi connectivity index (χ1n) is 11.4. The van der Waals surface area contributed by atoms with E-state index in [0.717, 1.165) is 6.54 Å². The maximum Gasteiger partial charge on any atom is 0.256 e. The van der Waals surface area contributed by atoms with Gasteiger partial charge in [0.25, 0.3) is 5.82 Å². The number of aryl methyl sites for hydroxylation is 2. The third-order valence-electron chi connectivity index (χ3n) is 5.44. The summed E-state index contributed by atoms with van der Waals surface area (Å²) in [4.78, 5) is 0. The van der Waals surface area contributed by atoms with E-state index >= 15 is 0 Å². The van der Waals surface area contributed by atoms with Crippen LogP contribution in [0.15, 0.2) is 12.4 Å². The summed E-state index contributed by atoms with van der Waals surface area (Å²) >= 11 is 0. The van der Waals surface area contributed by atoms with Crippen LogP contribution in [0, 0.1) is 0 Å². The van der Waals surface area contributed by atoms with Crippen molar-refractivity contribution in [2.24, 2.45) is 0 Å². The number of hydrogen-bond donors (Lipinski definition) is 0. The van der Waals surface area contributed by atoms with Gasteiger partial charge in [-0.1, -0.05) is 84.5 Å². The fourth-order valence-corrected chi connectivity index (χ4v) is 3.76. The second-order valence-corrected chi connectivity index (χ2v) is 7.69. The molecule has 146 valence electrons. The summed E-state index contributed by atoms with van der Waals surface area (Å²) < 4.78 is 4.98. The van der Waals surface area contributed by atoms with Gasteiger partial charge in [-0.3, -0.25) is 0 Å². The standard InChI is InChI=1S/C23H45N2/c1-4-7-9-11-12-13-14-16-18-20-25-22-21-24(6-3)23(25)19-17-15-10-8-5-2/h21-22H,4-20H2,1-3H3/q+1. The fraction of sp³-hybridized carbons (Fsp3) is 0.870. The Bertz CT molecular complexity index is 408. The molecule has 1 rings (SSSR count). The van der Waals surface area contributed by atoms with Gasteiger partial charge < -0.3 is 0 Å². The number of aromatic nitrogens is 2. The van der Waals surface area contributed by atoms with Gasteiger partial charge in [-0.2, -0.15) is 0 Å². The molecule has 0 spiro atoms. The monoisotopic (exact) mass is 349 g/mol. The summed E-state index contributed by atoms with van der Waals surface area (Å²) in [6.07, 6.45) is 25.5. The van der Waals surface area contributed by atoms with Gasteiger partial charge in [0, 0.05) is 6.42 Å². The first kappa shape index (κ1) is 22.3. The molecule has 2 nitrogen and oxygen atoms in total. The second-order valence-electron chi connectivity index (χ2n) is 7.69. The Hall–Kier alpha value is -0.790. The maximum atomic E-state index is 2.53. The van der Waals surface area contributed by atoms with Crippen LogP contribution >= 0.6 is 0 Å². The highest BCUT2D eigenvalue weighted by atomic mass is 15.1. The molecule has 0 fully saturated rings. The van der Waals surface area contributed by atoms with Crippen LogP contribution in [-0.4, -0.2) is 4.57 Å². The molecular weight excluding hydrogens is 304 g/mol. The summed E-state index contributed by atoms with van der Waals surface area (Å²) in [5, 5.41) is 0. The predicted molar refractivity (Wildman–Crippen MR) is 110 cm³/mol. The van der Waals surface area contributed by atoms with Crippen LogP contribution in [0.2, 0.25) is 0 Å². The molecule has 25 heavy (non-hydrogen) atoms. The van der Waals surface area contributed by atoms with Crippen LogP contribution in [0.1, 0.15) is 116 Å². The number of imidazole rings is 1. The molecule has 1 heterocycles. The molecule has 0 aliphatic heterocycles. The highest BCUT2D eigenvalue weighted by molar-refractivity contribution is 4.83. The van der Waals surface area contributed by atoms with Gasteiger partial charge in [0.05, 0.1) is 13.1 Å². The number of hydrogen-bond acceptors (Lipinski definition) is 0. The summed E-state index contributed by atoms with van der Waals surface area (Å²) in [6, 6.07) is 0. The van der Waals surface area contributed by atoms with E-state index in [9.17, 15) is 0 Å². The molecule has 1 aromatic rings. The lowest BCUT2D eigenvalue weighted by Crippen LogP contribution is -2.37. The van der Waals surface area contributed by atoms with Crippen molar-refractivity contribution in [1.82, 2.24) is 4.57 Å². The van der Waals surface area contributed by atoms with Crippen LogP contribution in [0.25, 0.3) is 0 Å². The fourth-order valence-electron chi connectivity index (χ4n) is 3.76. The van der Waals surface area contributed by atoms with E-state index in [4.69, 9.17) is 0 Å². The van der Waals surface area contributed by atoms with Crippen LogP contribution in [0.4, 0.5) is 0 Å². The molecule has 0 aliphatic rings. The summed E-state index contributed by atoms with van der Waals surface area (Å²) in [6.45, 7) is 9.18. The molecule has 2 heteroatoms. The minimum absolute atomic E-state index is 1.11. The topological polar surface area (TPSA) is 8.81 Å². The van der Waals surface area contributed by atoms with Crippen molar-refractivity contribution in [3.8, 4) is 0 Å². The molecule has 0 aromatic carbocycles. The molecule has 0 saturated carbocycles. The van der Waals surface area contributed by atoms with Crippen molar-refractivity contribution >= 4 is 0 Å². The quantitative estimate of drug-likeness (QED) is 0.215. The molecule has 0 unspecified atom stereocenters. The molecule has 0 radical (unpaired) electrons. The van der Waals surface area contributed by atoms with E-state index in [1.807, 2.05) is 0 Å². The molecule has 0 saturated heterocycles. The van der Waals surface area contributed by atoms with Crippen molar-refractivity contribution in [2.45, 2.75) is 130 Å². The highest BCUT2D eigenvalue weighted by Crippen LogP contribution is 2.11. The normalized spacial score (nSPS) is 11.3. The Morgan fingerprint density at radius 3 is 1.76 bits per heavy atom. The van der Waals surface area contributed by atoms with Crippen molar-refractivity contribution in [2.75, 3.05) is 0 Å². The average molecular weight is 350 g/mol. The van der Waals surface area contributed by atoms with Gasteiger partial charge >= 0.3 is 0 Å². The minimum Gasteiger partial charge on any atom is -0.235 e. The van der Waals surface area contributed by atoms with Gasteiger partial charge in [0.15, 0.2) is 0 Å². The summed E-state index contributed by atoms with van der Waals surface area (Å²) in [5.41, 5.74) is 0. The largest absolute Gasteiger partial charge is 0.256 e. The van der Waals surface area contributed by atoms with Crippen molar-refractivity contribution in [3.63, 3.8) is 0 Å². The first-order valence-corrected chi connectivity index (χ1v) is 11.4. The van der Waals surface area contributed by atoms with Gasteiger partial charge in [-0.05, 0) is 26.2 Å². The molecule has 0 amide bonds. The smallest absolute Gasteiger partial charge is 0.235 e. The first-order chi connectivity index (χ1) is 12.3. The number of nitrogens with zero attached hydrogens (tertiary/aromatic N) is 2. The van der Waals surface area contributed by atoms with Gasteiger partial charge in [-0.15, -0.1) is 0 Å². The average Bonchev–Trinajstić information content (AvgIpc) is 3.02. The molecule has 1 aromatic heterocycles. The van der Waals surface area contributed by atoms with E-state index in [1.54, 1.807) is 5.82 Å². The summed E-state index contributed by atoms with van der Waals surface area (Å²) in [5.74, 6) is 1.55. The van der Waals surface area contributed by atoms with E-state index in [2.05, 4.69) is 42.3 Å². The van der Waals surface area contributed by atoms with Crippen LogP contribution in [0.3, 0.4) is 0 Å². The second kappa shape index (κ2) is 15.5. The van der Waals surface area contributed by atoms with E-state index in [1.165, 1.54) is 103 Å². The lowest BCUT2D eigenvalue weighted by atomic mass is 10.1. The lowest BCUT2D eigenvalue weighted by molar-refractivity contribution is -0.704. The van der Waals surface area contributed by atoms with E-state index < -0.39 is 0 Å². The molecular formula is C23H45N2+. The van der Waals surface area contributed by atoms with Crippen LogP contribution < -0.4 is 4.57 Å². The number of rotatable bonds is 17. The van der Waals surface area contributed by atoms with E-state index in [0.29, 0.717) is 0 Å². The zero-order chi connectivity index (χ0) is 18.2. The minimum atomic E-state index is 1.11. The maximum absolute atomic E-state index is 2.53. The SMILES string of the molecule is CCCCCCCCCCC[n+]1ccn(CC)c1CCCCCCC. The predicted octanol–water partition coefficient (Wildman–Crippen LogP) is 6.84. The molecule has 0 bridgehead atoms. The third kappa shape index (κ3) is 10.1. The Balaban J connectivity index is 2.20. The zero-order valence-corrected chi connectivity index (χ0v) is 17.6. The van der Waals surface area contributed by atoms with Gasteiger partial charge in [0.1, 0.15) is 12.4 Å². The molecule has 0 atom stereocenters. The molecule has 0 N–H and O–H groups in total. The Kier molecular flexibility index (Phi) is 13.8. The number of unbranched alkanes of at least 4 members (excludes halogenated alkanes) is 12. The van der Waals surface area contributed by atoms with Gasteiger partial charge in [-0.25, -0.2) is 9.13 Å². The highest BCUT2D eigenvalue weighted by Gasteiger charge is 2.15. The van der Waals surface area contributed by atoms with Crippen LogP contribution in [0.5, 0.6) is 0 Å². The van der Waals surface area contributed by atoms with E-state index in [-0.39, 0.29) is 0 Å². The van der Waals surface area contributed by atoms with Crippen molar-refractivity contribution < 1.29 is 4.57 Å². The summed E-state index contributed by atoms with van der Waals surface area (Å²) in [7, 11) is 0. The van der Waals surface area contributed by atoms with Crippen molar-refractivity contribution in [1.29, 1.82) is 0 Å². The Labute approximate surface area is 158 Å². The Morgan fingerprint density at radius 2 is 1.20 bits per heavy atom. The third-order valence-corrected chi connectivity index (χ3v) is 5.44. The van der Waals surface area contributed by atoms with Gasteiger partial charge in [0.2, 0.25) is 0 Å². The van der Waals surface area contributed by atoms with Crippen molar-refractivity contribution in [3.05, 3.63) is 18.2 Å². The molecule has 0 aliphatic carbocycles.